The van der Waals surface area contributed by atoms with Crippen molar-refractivity contribution in [1.29, 1.82) is 0 Å². The predicted octanol–water partition coefficient (Wildman–Crippen LogP) is 5.10. The van der Waals surface area contributed by atoms with Gasteiger partial charge in [0.15, 0.2) is 11.6 Å². The van der Waals surface area contributed by atoms with Gasteiger partial charge in [-0.05, 0) is 54.8 Å². The molecule has 0 amide bonds. The van der Waals surface area contributed by atoms with Crippen LogP contribution in [0.1, 0.15) is 24.0 Å². The highest BCUT2D eigenvalue weighted by Crippen LogP contribution is 2.52. The molecule has 0 aliphatic carbocycles. The van der Waals surface area contributed by atoms with Crippen molar-refractivity contribution in [3.63, 3.8) is 0 Å². The fourth-order valence-corrected chi connectivity index (χ4v) is 5.70. The number of ether oxygens (including phenoxy) is 2. The lowest BCUT2D eigenvalue weighted by Crippen LogP contribution is -2.55. The lowest BCUT2D eigenvalue weighted by atomic mass is 9.60. The van der Waals surface area contributed by atoms with Crippen molar-refractivity contribution in [3.8, 4) is 5.75 Å². The highest BCUT2D eigenvalue weighted by molar-refractivity contribution is 7.99. The molecule has 0 spiro atoms. The minimum absolute atomic E-state index is 0.00823. The third kappa shape index (κ3) is 4.54. The third-order valence-corrected chi connectivity index (χ3v) is 7.44. The molecule has 2 aliphatic rings. The lowest BCUT2D eigenvalue weighted by Gasteiger charge is -2.51. The van der Waals surface area contributed by atoms with Crippen LogP contribution in [0.15, 0.2) is 36.4 Å². The predicted molar refractivity (Wildman–Crippen MR) is 116 cm³/mol. The summed E-state index contributed by atoms with van der Waals surface area (Å²) >= 11 is 7.36. The minimum atomic E-state index is -0.862. The van der Waals surface area contributed by atoms with E-state index in [0.29, 0.717) is 36.6 Å². The molecule has 0 bridgehead atoms. The molecule has 2 aliphatic heterocycles. The van der Waals surface area contributed by atoms with Gasteiger partial charge in [-0.3, -0.25) is 4.79 Å². The number of carboxylic acids is 1. The van der Waals surface area contributed by atoms with E-state index in [-0.39, 0.29) is 35.7 Å². The maximum Gasteiger partial charge on any atom is 0.313 e. The summed E-state index contributed by atoms with van der Waals surface area (Å²) in [7, 11) is 0. The lowest BCUT2D eigenvalue weighted by molar-refractivity contribution is -0.133. The van der Waals surface area contributed by atoms with Crippen LogP contribution in [0, 0.1) is 17.6 Å². The average molecular weight is 469 g/mol. The Morgan fingerprint density at radius 3 is 2.68 bits per heavy atom. The Balaban J connectivity index is 1.70. The molecule has 3 atom stereocenters. The highest BCUT2D eigenvalue weighted by Gasteiger charge is 2.53. The molecule has 0 aromatic heterocycles. The molecular weight excluding hydrogens is 446 g/mol. The van der Waals surface area contributed by atoms with Gasteiger partial charge in [0.05, 0.1) is 18.5 Å². The van der Waals surface area contributed by atoms with Gasteiger partial charge >= 0.3 is 5.97 Å². The van der Waals surface area contributed by atoms with E-state index in [1.54, 1.807) is 12.1 Å². The molecule has 1 fully saturated rings. The van der Waals surface area contributed by atoms with Crippen LogP contribution in [0.3, 0.4) is 0 Å². The molecule has 4 nitrogen and oxygen atoms in total. The van der Waals surface area contributed by atoms with Crippen LogP contribution in [0.5, 0.6) is 5.75 Å². The number of thioether (sulfide) groups is 1. The summed E-state index contributed by atoms with van der Waals surface area (Å²) < 4.78 is 41.6. The Bertz CT molecular complexity index is 955. The van der Waals surface area contributed by atoms with E-state index < -0.39 is 23.0 Å². The van der Waals surface area contributed by atoms with Crippen LogP contribution in [-0.4, -0.2) is 41.9 Å². The van der Waals surface area contributed by atoms with E-state index in [9.17, 15) is 9.18 Å². The first-order chi connectivity index (χ1) is 14.9. The molecule has 1 N–H and O–H groups in total. The monoisotopic (exact) mass is 468 g/mol. The maximum absolute atomic E-state index is 15.2. The van der Waals surface area contributed by atoms with Gasteiger partial charge in [-0.15, -0.1) is 0 Å². The standard InChI is InChI=1S/C23H23ClF2O4S/c24-15-3-1-14(2-4-15)11-23-8-9-29-19(7-10-31-13-20(27)28)16(23)12-30-22-18(26)6-5-17(25)21(22)23/h1-6,16,19H,7-13H2,(H,27,28)/t16-,19-,23-/m0/s1. The zero-order chi connectivity index (χ0) is 22.0. The summed E-state index contributed by atoms with van der Waals surface area (Å²) in [5, 5.41) is 9.48. The fourth-order valence-electron chi connectivity index (χ4n) is 4.86. The van der Waals surface area contributed by atoms with Crippen LogP contribution in [0.25, 0.3) is 0 Å². The van der Waals surface area contributed by atoms with Gasteiger partial charge in [-0.2, -0.15) is 11.8 Å². The summed E-state index contributed by atoms with van der Waals surface area (Å²) in [6.45, 7) is 0.628. The van der Waals surface area contributed by atoms with Crippen LogP contribution in [0.2, 0.25) is 5.02 Å². The number of carboxylic acid groups (broad SMARTS) is 1. The van der Waals surface area contributed by atoms with Crippen molar-refractivity contribution in [3.05, 3.63) is 64.2 Å². The zero-order valence-electron chi connectivity index (χ0n) is 16.8. The highest BCUT2D eigenvalue weighted by atomic mass is 35.5. The van der Waals surface area contributed by atoms with Gasteiger partial charge in [-0.25, -0.2) is 8.78 Å². The van der Waals surface area contributed by atoms with E-state index in [1.807, 2.05) is 12.1 Å². The van der Waals surface area contributed by atoms with Crippen molar-refractivity contribution in [2.75, 3.05) is 24.7 Å². The van der Waals surface area contributed by atoms with Crippen LogP contribution in [-0.2, 0) is 21.4 Å². The first-order valence-electron chi connectivity index (χ1n) is 10.2. The second-order valence-electron chi connectivity index (χ2n) is 8.00. The number of halogens is 3. The molecule has 2 heterocycles. The fraction of sp³-hybridized carbons (Fsp3) is 0.435. The number of aliphatic carboxylic acids is 1. The number of benzene rings is 2. The Kier molecular flexibility index (Phi) is 6.74. The molecule has 0 saturated carbocycles. The summed E-state index contributed by atoms with van der Waals surface area (Å²) in [5.41, 5.74) is 0.575. The molecule has 4 rings (SSSR count). The summed E-state index contributed by atoms with van der Waals surface area (Å²) in [5.74, 6) is -1.48. The topological polar surface area (TPSA) is 55.8 Å². The number of rotatable bonds is 7. The quantitative estimate of drug-likeness (QED) is 0.573. The van der Waals surface area contributed by atoms with Crippen molar-refractivity contribution in [1.82, 2.24) is 0 Å². The minimum Gasteiger partial charge on any atom is -0.490 e. The van der Waals surface area contributed by atoms with Crippen LogP contribution in [0.4, 0.5) is 8.78 Å². The SMILES string of the molecule is O=C(O)CSCC[C@@H]1OCC[C@@]2(Cc3ccc(Cl)cc3)c3c(F)ccc(F)c3OC[C@@H]12. The Morgan fingerprint density at radius 1 is 1.19 bits per heavy atom. The summed E-state index contributed by atoms with van der Waals surface area (Å²) in [6.07, 6.45) is 1.42. The first kappa shape index (κ1) is 22.4. The Morgan fingerprint density at radius 2 is 1.94 bits per heavy atom. The van der Waals surface area contributed by atoms with Crippen LogP contribution >= 0.6 is 23.4 Å². The van der Waals surface area contributed by atoms with E-state index in [4.69, 9.17) is 26.2 Å². The van der Waals surface area contributed by atoms with E-state index in [0.717, 1.165) is 17.7 Å². The second-order valence-corrected chi connectivity index (χ2v) is 9.55. The van der Waals surface area contributed by atoms with Gasteiger partial charge in [0.1, 0.15) is 5.82 Å². The van der Waals surface area contributed by atoms with Gasteiger partial charge in [-0.1, -0.05) is 23.7 Å². The molecule has 0 radical (unpaired) electrons. The number of hydrogen-bond acceptors (Lipinski definition) is 4. The number of carbonyl (C=O) groups is 1. The van der Waals surface area contributed by atoms with E-state index in [1.165, 1.54) is 11.8 Å². The number of fused-ring (bicyclic) bond motifs is 3. The summed E-state index contributed by atoms with van der Waals surface area (Å²) in [6, 6.07) is 9.68. The first-order valence-corrected chi connectivity index (χ1v) is 11.7. The molecule has 31 heavy (non-hydrogen) atoms. The maximum atomic E-state index is 15.2. The van der Waals surface area contributed by atoms with E-state index >= 15 is 4.39 Å². The number of hydrogen-bond donors (Lipinski definition) is 1. The summed E-state index contributed by atoms with van der Waals surface area (Å²) in [4.78, 5) is 10.8. The molecule has 2 aromatic carbocycles. The van der Waals surface area contributed by atoms with Gasteiger partial charge in [0, 0.05) is 28.5 Å². The second kappa shape index (κ2) is 9.35. The van der Waals surface area contributed by atoms with E-state index in [2.05, 4.69) is 0 Å². The molecule has 0 unspecified atom stereocenters. The van der Waals surface area contributed by atoms with Crippen molar-refractivity contribution < 1.29 is 28.2 Å². The van der Waals surface area contributed by atoms with Crippen LogP contribution < -0.4 is 4.74 Å². The third-order valence-electron chi connectivity index (χ3n) is 6.21. The van der Waals surface area contributed by atoms with Gasteiger partial charge in [0.25, 0.3) is 0 Å². The van der Waals surface area contributed by atoms with Gasteiger partial charge in [0.2, 0.25) is 0 Å². The smallest absolute Gasteiger partial charge is 0.313 e. The normalized spacial score (nSPS) is 24.7. The molecular formula is C23H23ClF2O4S. The Hall–Kier alpha value is -1.83. The van der Waals surface area contributed by atoms with Crippen molar-refractivity contribution >= 4 is 29.3 Å². The molecule has 166 valence electrons. The average Bonchev–Trinajstić information content (AvgIpc) is 2.75. The molecule has 2 aromatic rings. The zero-order valence-corrected chi connectivity index (χ0v) is 18.4. The van der Waals surface area contributed by atoms with Crippen molar-refractivity contribution in [2.45, 2.75) is 30.8 Å². The van der Waals surface area contributed by atoms with Crippen molar-refractivity contribution in [2.24, 2.45) is 5.92 Å². The molecule has 1 saturated heterocycles. The molecule has 8 heteroatoms. The largest absolute Gasteiger partial charge is 0.490 e. The Labute approximate surface area is 188 Å². The van der Waals surface area contributed by atoms with Gasteiger partial charge < -0.3 is 14.6 Å².